The molecule has 2 heterocycles. The summed E-state index contributed by atoms with van der Waals surface area (Å²) in [5.41, 5.74) is 0.731. The molecule has 0 fully saturated rings. The molecule has 1 aromatic heterocycles. The lowest BCUT2D eigenvalue weighted by Gasteiger charge is -2.19. The second kappa shape index (κ2) is 5.46. The summed E-state index contributed by atoms with van der Waals surface area (Å²) in [7, 11) is -0.469. The van der Waals surface area contributed by atoms with Gasteiger partial charge in [0.15, 0.2) is 0 Å². The number of hydrogen-bond acceptors (Lipinski definition) is 4. The number of benzene rings is 1. The van der Waals surface area contributed by atoms with E-state index >= 15 is 0 Å². The van der Waals surface area contributed by atoms with Gasteiger partial charge in [-0.15, -0.1) is 0 Å². The smallest absolute Gasteiger partial charge is 0.243 e. The highest BCUT2D eigenvalue weighted by Crippen LogP contribution is 2.41. The van der Waals surface area contributed by atoms with Gasteiger partial charge in [-0.25, -0.2) is 8.42 Å². The molecule has 128 valence electrons. The summed E-state index contributed by atoms with van der Waals surface area (Å²) >= 11 is 0. The summed E-state index contributed by atoms with van der Waals surface area (Å²) in [5.74, 6) is 0.522. The zero-order chi connectivity index (χ0) is 17.7. The van der Waals surface area contributed by atoms with E-state index in [1.54, 1.807) is 50.1 Å². The van der Waals surface area contributed by atoms with E-state index < -0.39 is 15.4 Å². The molecule has 2 aromatic rings. The minimum absolute atomic E-state index is 0.0454. The first-order chi connectivity index (χ1) is 11.2. The Hall–Kier alpha value is -2.12. The van der Waals surface area contributed by atoms with E-state index in [-0.39, 0.29) is 17.3 Å². The fourth-order valence-electron chi connectivity index (χ4n) is 3.00. The standard InChI is InChI=1S/C17H20N2O4S/c1-17(2)14-10-13(7-8-15(14)19(4)16(17)20)24(21,22)18(3)11-12-6-5-9-23-12/h5-10H,11H2,1-4H3. The maximum absolute atomic E-state index is 12.8. The summed E-state index contributed by atoms with van der Waals surface area (Å²) in [6.45, 7) is 3.76. The molecule has 1 aromatic carbocycles. The Morgan fingerprint density at radius 3 is 2.58 bits per heavy atom. The second-order valence-corrected chi connectivity index (χ2v) is 8.55. The van der Waals surface area contributed by atoms with E-state index in [9.17, 15) is 13.2 Å². The number of amides is 1. The van der Waals surface area contributed by atoms with Crippen LogP contribution in [0.25, 0.3) is 0 Å². The van der Waals surface area contributed by atoms with Gasteiger partial charge < -0.3 is 9.32 Å². The molecule has 1 aliphatic rings. The Bertz CT molecular complexity index is 885. The van der Waals surface area contributed by atoms with E-state index in [0.29, 0.717) is 5.76 Å². The summed E-state index contributed by atoms with van der Waals surface area (Å²) in [6, 6.07) is 8.28. The maximum atomic E-state index is 12.8. The van der Waals surface area contributed by atoms with E-state index in [1.807, 2.05) is 0 Å². The molecule has 0 bridgehead atoms. The Morgan fingerprint density at radius 2 is 1.96 bits per heavy atom. The molecule has 0 saturated heterocycles. The topological polar surface area (TPSA) is 70.8 Å². The predicted octanol–water partition coefficient (Wildman–Crippen LogP) is 2.35. The molecule has 3 rings (SSSR count). The number of sulfonamides is 1. The van der Waals surface area contributed by atoms with Crippen molar-refractivity contribution >= 4 is 21.6 Å². The SMILES string of the molecule is CN1C(=O)C(C)(C)c2cc(S(=O)(=O)N(C)Cc3ccco3)ccc21. The van der Waals surface area contributed by atoms with Crippen molar-refractivity contribution in [3.05, 3.63) is 47.9 Å². The van der Waals surface area contributed by atoms with E-state index in [1.165, 1.54) is 23.7 Å². The van der Waals surface area contributed by atoms with Crippen molar-refractivity contribution in [2.75, 3.05) is 19.0 Å². The highest BCUT2D eigenvalue weighted by molar-refractivity contribution is 7.89. The van der Waals surface area contributed by atoms with Gasteiger partial charge in [-0.3, -0.25) is 4.79 Å². The summed E-state index contributed by atoms with van der Waals surface area (Å²) in [5, 5.41) is 0. The Kier molecular flexibility index (Phi) is 3.80. The predicted molar refractivity (Wildman–Crippen MR) is 90.2 cm³/mol. The van der Waals surface area contributed by atoms with Crippen molar-refractivity contribution in [1.82, 2.24) is 4.31 Å². The minimum atomic E-state index is -3.68. The van der Waals surface area contributed by atoms with Crippen LogP contribution >= 0.6 is 0 Å². The summed E-state index contributed by atoms with van der Waals surface area (Å²) in [6.07, 6.45) is 1.51. The molecule has 0 spiro atoms. The van der Waals surface area contributed by atoms with Gasteiger partial charge in [-0.05, 0) is 49.7 Å². The van der Waals surface area contributed by atoms with Crippen molar-refractivity contribution in [3.8, 4) is 0 Å². The van der Waals surface area contributed by atoms with Crippen LogP contribution in [0.15, 0.2) is 45.9 Å². The molecule has 1 amide bonds. The molecule has 0 radical (unpaired) electrons. The minimum Gasteiger partial charge on any atom is -0.468 e. The molecule has 0 N–H and O–H groups in total. The lowest BCUT2D eigenvalue weighted by atomic mass is 9.86. The van der Waals surface area contributed by atoms with Crippen LogP contribution in [0, 0.1) is 0 Å². The number of anilines is 1. The Morgan fingerprint density at radius 1 is 1.25 bits per heavy atom. The third kappa shape index (κ3) is 2.44. The molecule has 6 nitrogen and oxygen atoms in total. The summed E-state index contributed by atoms with van der Waals surface area (Å²) in [4.78, 5) is 14.1. The van der Waals surface area contributed by atoms with E-state index in [0.717, 1.165) is 11.3 Å². The number of fused-ring (bicyclic) bond motifs is 1. The Balaban J connectivity index is 1.99. The molecular formula is C17H20N2O4S. The van der Waals surface area contributed by atoms with Gasteiger partial charge in [0.25, 0.3) is 0 Å². The fourth-order valence-corrected chi connectivity index (χ4v) is 4.16. The molecule has 0 unspecified atom stereocenters. The van der Waals surface area contributed by atoms with Crippen LogP contribution in [0.2, 0.25) is 0 Å². The van der Waals surface area contributed by atoms with Gasteiger partial charge in [0.1, 0.15) is 5.76 Å². The van der Waals surface area contributed by atoms with Crippen LogP contribution in [-0.4, -0.2) is 32.7 Å². The van der Waals surface area contributed by atoms with Gasteiger partial charge in [-0.2, -0.15) is 4.31 Å². The van der Waals surface area contributed by atoms with Gasteiger partial charge >= 0.3 is 0 Å². The first-order valence-electron chi connectivity index (χ1n) is 7.57. The first-order valence-corrected chi connectivity index (χ1v) is 9.01. The lowest BCUT2D eigenvalue weighted by molar-refractivity contribution is -0.121. The van der Waals surface area contributed by atoms with Gasteiger partial charge in [0, 0.05) is 19.8 Å². The monoisotopic (exact) mass is 348 g/mol. The molecule has 0 saturated carbocycles. The van der Waals surface area contributed by atoms with Crippen molar-refractivity contribution < 1.29 is 17.6 Å². The average molecular weight is 348 g/mol. The van der Waals surface area contributed by atoms with Crippen LogP contribution in [0.1, 0.15) is 25.2 Å². The van der Waals surface area contributed by atoms with E-state index in [2.05, 4.69) is 0 Å². The maximum Gasteiger partial charge on any atom is 0.243 e. The summed E-state index contributed by atoms with van der Waals surface area (Å²) < 4.78 is 32.1. The number of hydrogen-bond donors (Lipinski definition) is 0. The number of carbonyl (C=O) groups is 1. The highest BCUT2D eigenvalue weighted by Gasteiger charge is 2.42. The van der Waals surface area contributed by atoms with Crippen LogP contribution in [0.4, 0.5) is 5.69 Å². The third-order valence-corrected chi connectivity index (χ3v) is 6.31. The first kappa shape index (κ1) is 16.7. The molecule has 7 heteroatoms. The number of nitrogens with zero attached hydrogens (tertiary/aromatic N) is 2. The third-order valence-electron chi connectivity index (χ3n) is 4.51. The van der Waals surface area contributed by atoms with Crippen molar-refractivity contribution in [1.29, 1.82) is 0 Å². The van der Waals surface area contributed by atoms with E-state index in [4.69, 9.17) is 4.42 Å². The van der Waals surface area contributed by atoms with Crippen LogP contribution < -0.4 is 4.90 Å². The molecular weight excluding hydrogens is 328 g/mol. The molecule has 0 aliphatic carbocycles. The quantitative estimate of drug-likeness (QED) is 0.850. The van der Waals surface area contributed by atoms with Crippen molar-refractivity contribution in [3.63, 3.8) is 0 Å². The number of carbonyl (C=O) groups excluding carboxylic acids is 1. The van der Waals surface area contributed by atoms with Crippen molar-refractivity contribution in [2.24, 2.45) is 0 Å². The van der Waals surface area contributed by atoms with Gasteiger partial charge in [0.05, 0.1) is 23.1 Å². The Labute approximate surface area is 141 Å². The zero-order valence-electron chi connectivity index (χ0n) is 14.1. The largest absolute Gasteiger partial charge is 0.468 e. The number of furan rings is 1. The highest BCUT2D eigenvalue weighted by atomic mass is 32.2. The average Bonchev–Trinajstić information content (AvgIpc) is 3.10. The molecule has 1 aliphatic heterocycles. The fraction of sp³-hybridized carbons (Fsp3) is 0.353. The van der Waals surface area contributed by atoms with Gasteiger partial charge in [-0.1, -0.05) is 0 Å². The van der Waals surface area contributed by atoms with Crippen molar-refractivity contribution in [2.45, 2.75) is 30.7 Å². The number of rotatable bonds is 4. The molecule has 24 heavy (non-hydrogen) atoms. The second-order valence-electron chi connectivity index (χ2n) is 6.51. The lowest BCUT2D eigenvalue weighted by Crippen LogP contribution is -2.33. The van der Waals surface area contributed by atoms with Gasteiger partial charge in [0.2, 0.25) is 15.9 Å². The zero-order valence-corrected chi connectivity index (χ0v) is 14.9. The molecule has 0 atom stereocenters. The van der Waals surface area contributed by atoms with Crippen LogP contribution in [-0.2, 0) is 26.8 Å². The number of likely N-dealkylation sites (N-methyl/N-ethyl adjacent to an activating group) is 1. The van der Waals surface area contributed by atoms with Crippen LogP contribution in [0.5, 0.6) is 0 Å². The normalized spacial score (nSPS) is 16.7. The van der Waals surface area contributed by atoms with Crippen LogP contribution in [0.3, 0.4) is 0 Å².